The van der Waals surface area contributed by atoms with E-state index in [0.717, 1.165) is 13.0 Å². The Morgan fingerprint density at radius 2 is 1.95 bits per heavy atom. The average molecular weight is 297 g/mol. The first-order valence-electron chi connectivity index (χ1n) is 6.01. The highest BCUT2D eigenvalue weighted by molar-refractivity contribution is 6.36. The van der Waals surface area contributed by atoms with E-state index in [2.05, 4.69) is 9.88 Å². The third kappa shape index (κ3) is 4.01. The van der Waals surface area contributed by atoms with Crippen LogP contribution in [-0.2, 0) is 6.54 Å². The van der Waals surface area contributed by atoms with Crippen LogP contribution in [0.3, 0.4) is 0 Å². The molecule has 3 nitrogen and oxygen atoms in total. The SMILES string of the molecule is O=C(NCCCn1cccc1)c1ccc(Cl)cc1Cl. The quantitative estimate of drug-likeness (QED) is 0.840. The van der Waals surface area contributed by atoms with Crippen LogP contribution in [0.1, 0.15) is 16.8 Å². The molecule has 0 radical (unpaired) electrons. The Morgan fingerprint density at radius 3 is 2.63 bits per heavy atom. The lowest BCUT2D eigenvalue weighted by Crippen LogP contribution is -2.25. The number of amides is 1. The van der Waals surface area contributed by atoms with Crippen LogP contribution in [0.4, 0.5) is 0 Å². The van der Waals surface area contributed by atoms with Gasteiger partial charge >= 0.3 is 0 Å². The minimum Gasteiger partial charge on any atom is -0.354 e. The summed E-state index contributed by atoms with van der Waals surface area (Å²) in [7, 11) is 0. The van der Waals surface area contributed by atoms with Crippen LogP contribution in [0, 0.1) is 0 Å². The number of nitrogens with zero attached hydrogens (tertiary/aromatic N) is 1. The van der Waals surface area contributed by atoms with Gasteiger partial charge in [0.15, 0.2) is 0 Å². The van der Waals surface area contributed by atoms with Gasteiger partial charge in [-0.25, -0.2) is 0 Å². The molecular weight excluding hydrogens is 283 g/mol. The van der Waals surface area contributed by atoms with E-state index >= 15 is 0 Å². The van der Waals surface area contributed by atoms with Crippen LogP contribution in [0.15, 0.2) is 42.7 Å². The number of aryl methyl sites for hydroxylation is 1. The molecular formula is C14H14Cl2N2O. The molecule has 5 heteroatoms. The van der Waals surface area contributed by atoms with Gasteiger partial charge < -0.3 is 9.88 Å². The summed E-state index contributed by atoms with van der Waals surface area (Å²) in [5.74, 6) is -0.172. The number of carbonyl (C=O) groups excluding carboxylic acids is 1. The minimum absolute atomic E-state index is 0.172. The first-order valence-corrected chi connectivity index (χ1v) is 6.76. The van der Waals surface area contributed by atoms with Crippen LogP contribution in [0.2, 0.25) is 10.0 Å². The van der Waals surface area contributed by atoms with Gasteiger partial charge in [0.1, 0.15) is 0 Å². The maximum atomic E-state index is 11.9. The van der Waals surface area contributed by atoms with E-state index in [4.69, 9.17) is 23.2 Å². The third-order valence-electron chi connectivity index (χ3n) is 2.72. The van der Waals surface area contributed by atoms with E-state index in [1.807, 2.05) is 24.5 Å². The van der Waals surface area contributed by atoms with E-state index in [0.29, 0.717) is 22.2 Å². The molecule has 0 saturated carbocycles. The summed E-state index contributed by atoms with van der Waals surface area (Å²) >= 11 is 11.8. The molecule has 1 amide bonds. The molecule has 2 aromatic rings. The largest absolute Gasteiger partial charge is 0.354 e. The maximum Gasteiger partial charge on any atom is 0.252 e. The van der Waals surface area contributed by atoms with Gasteiger partial charge in [-0.3, -0.25) is 4.79 Å². The molecule has 1 aromatic heterocycles. The lowest BCUT2D eigenvalue weighted by atomic mass is 10.2. The van der Waals surface area contributed by atoms with Crippen molar-refractivity contribution in [2.75, 3.05) is 6.54 Å². The summed E-state index contributed by atoms with van der Waals surface area (Å²) in [6.45, 7) is 1.48. The molecule has 2 rings (SSSR count). The van der Waals surface area contributed by atoms with E-state index in [1.54, 1.807) is 18.2 Å². The van der Waals surface area contributed by atoms with Crippen molar-refractivity contribution in [3.8, 4) is 0 Å². The minimum atomic E-state index is -0.172. The topological polar surface area (TPSA) is 34.0 Å². The van der Waals surface area contributed by atoms with Crippen LogP contribution >= 0.6 is 23.2 Å². The van der Waals surface area contributed by atoms with Crippen LogP contribution in [0.25, 0.3) is 0 Å². The maximum absolute atomic E-state index is 11.9. The Labute approximate surface area is 122 Å². The predicted molar refractivity (Wildman–Crippen MR) is 77.8 cm³/mol. The first kappa shape index (κ1) is 14.0. The van der Waals surface area contributed by atoms with Crippen molar-refractivity contribution < 1.29 is 4.79 Å². The van der Waals surface area contributed by atoms with Crippen molar-refractivity contribution in [3.63, 3.8) is 0 Å². The number of halogens is 2. The predicted octanol–water partition coefficient (Wildman–Crippen LogP) is 3.62. The molecule has 0 fully saturated rings. The second kappa shape index (κ2) is 6.64. The zero-order valence-electron chi connectivity index (χ0n) is 10.3. The summed E-state index contributed by atoms with van der Waals surface area (Å²) in [5, 5.41) is 3.73. The Morgan fingerprint density at radius 1 is 1.21 bits per heavy atom. The van der Waals surface area contributed by atoms with Crippen molar-refractivity contribution in [1.29, 1.82) is 0 Å². The van der Waals surface area contributed by atoms with Crippen LogP contribution < -0.4 is 5.32 Å². The molecule has 1 N–H and O–H groups in total. The molecule has 0 aliphatic rings. The highest BCUT2D eigenvalue weighted by Gasteiger charge is 2.09. The lowest BCUT2D eigenvalue weighted by Gasteiger charge is -2.07. The van der Waals surface area contributed by atoms with Crippen molar-refractivity contribution in [3.05, 3.63) is 58.3 Å². The van der Waals surface area contributed by atoms with Gasteiger partial charge in [-0.15, -0.1) is 0 Å². The van der Waals surface area contributed by atoms with Gasteiger partial charge in [0.05, 0.1) is 10.6 Å². The van der Waals surface area contributed by atoms with Crippen molar-refractivity contribution in [2.45, 2.75) is 13.0 Å². The average Bonchev–Trinajstić information content (AvgIpc) is 2.87. The number of hydrogen-bond acceptors (Lipinski definition) is 1. The number of hydrogen-bond donors (Lipinski definition) is 1. The summed E-state index contributed by atoms with van der Waals surface area (Å²) in [5.41, 5.74) is 0.451. The molecule has 1 aromatic carbocycles. The second-order valence-electron chi connectivity index (χ2n) is 4.15. The van der Waals surface area contributed by atoms with Gasteiger partial charge in [0.25, 0.3) is 5.91 Å². The normalized spacial score (nSPS) is 10.4. The first-order chi connectivity index (χ1) is 9.16. The molecule has 0 aliphatic carbocycles. The number of aromatic nitrogens is 1. The van der Waals surface area contributed by atoms with Gasteiger partial charge in [-0.1, -0.05) is 23.2 Å². The van der Waals surface area contributed by atoms with E-state index in [1.165, 1.54) is 0 Å². The summed E-state index contributed by atoms with van der Waals surface area (Å²) in [4.78, 5) is 11.9. The number of nitrogens with one attached hydrogen (secondary N) is 1. The Bertz CT molecular complexity index is 553. The smallest absolute Gasteiger partial charge is 0.252 e. The molecule has 1 heterocycles. The molecule has 0 spiro atoms. The summed E-state index contributed by atoms with van der Waals surface area (Å²) < 4.78 is 2.07. The Balaban J connectivity index is 1.81. The fourth-order valence-corrected chi connectivity index (χ4v) is 2.25. The monoisotopic (exact) mass is 296 g/mol. The van der Waals surface area contributed by atoms with Gasteiger partial charge in [0, 0.05) is 30.5 Å². The number of rotatable bonds is 5. The van der Waals surface area contributed by atoms with E-state index in [9.17, 15) is 4.79 Å². The molecule has 0 atom stereocenters. The van der Waals surface area contributed by atoms with Gasteiger partial charge in [-0.05, 0) is 36.8 Å². The molecule has 100 valence electrons. The van der Waals surface area contributed by atoms with Crippen molar-refractivity contribution in [1.82, 2.24) is 9.88 Å². The van der Waals surface area contributed by atoms with Gasteiger partial charge in [0.2, 0.25) is 0 Å². The van der Waals surface area contributed by atoms with E-state index < -0.39 is 0 Å². The highest BCUT2D eigenvalue weighted by Crippen LogP contribution is 2.20. The number of benzene rings is 1. The Kier molecular flexibility index (Phi) is 4.88. The number of carbonyl (C=O) groups is 1. The second-order valence-corrected chi connectivity index (χ2v) is 5.00. The van der Waals surface area contributed by atoms with E-state index in [-0.39, 0.29) is 5.91 Å². The zero-order valence-corrected chi connectivity index (χ0v) is 11.8. The zero-order chi connectivity index (χ0) is 13.7. The van der Waals surface area contributed by atoms with Crippen LogP contribution in [-0.4, -0.2) is 17.0 Å². The fraction of sp³-hybridized carbons (Fsp3) is 0.214. The standard InChI is InChI=1S/C14H14Cl2N2O/c15-11-4-5-12(13(16)10-11)14(19)17-6-3-9-18-7-1-2-8-18/h1-2,4-5,7-8,10H,3,6,9H2,(H,17,19). The summed E-state index contributed by atoms with van der Waals surface area (Å²) in [6, 6.07) is 8.81. The van der Waals surface area contributed by atoms with Crippen molar-refractivity contribution in [2.24, 2.45) is 0 Å². The molecule has 19 heavy (non-hydrogen) atoms. The molecule has 0 saturated heterocycles. The van der Waals surface area contributed by atoms with Gasteiger partial charge in [-0.2, -0.15) is 0 Å². The van der Waals surface area contributed by atoms with Crippen LogP contribution in [0.5, 0.6) is 0 Å². The molecule has 0 unspecified atom stereocenters. The Hall–Kier alpha value is -1.45. The fourth-order valence-electron chi connectivity index (χ4n) is 1.75. The molecule has 0 aliphatic heterocycles. The summed E-state index contributed by atoms with van der Waals surface area (Å²) in [6.07, 6.45) is 4.86. The third-order valence-corrected chi connectivity index (χ3v) is 3.27. The highest BCUT2D eigenvalue weighted by atomic mass is 35.5. The molecule has 0 bridgehead atoms. The lowest BCUT2D eigenvalue weighted by molar-refractivity contribution is 0.0953. The van der Waals surface area contributed by atoms with Crippen molar-refractivity contribution >= 4 is 29.1 Å².